The van der Waals surface area contributed by atoms with E-state index < -0.39 is 56.5 Å². The molecule has 13 nitrogen and oxygen atoms in total. The summed E-state index contributed by atoms with van der Waals surface area (Å²) in [7, 11) is -4.32. The number of anilines is 1. The van der Waals surface area contributed by atoms with Gasteiger partial charge < -0.3 is 34.5 Å². The van der Waals surface area contributed by atoms with Crippen molar-refractivity contribution in [3.63, 3.8) is 0 Å². The third kappa shape index (κ3) is 6.90. The highest BCUT2D eigenvalue weighted by molar-refractivity contribution is 7.98. The van der Waals surface area contributed by atoms with Crippen LogP contribution in [-0.4, -0.2) is 79.3 Å². The van der Waals surface area contributed by atoms with Gasteiger partial charge in [-0.3, -0.25) is 9.32 Å². The molecule has 15 heteroatoms. The minimum Gasteiger partial charge on any atom is -0.462 e. The second-order valence-corrected chi connectivity index (χ2v) is 12.5. The fraction of sp³-hybridized carbons (Fsp3) is 0.444. The van der Waals surface area contributed by atoms with Crippen LogP contribution in [0.15, 0.2) is 48.9 Å². The highest BCUT2D eigenvalue weighted by atomic mass is 32.2. The molecule has 6 atom stereocenters. The van der Waals surface area contributed by atoms with Gasteiger partial charge in [0.05, 0.1) is 18.1 Å². The van der Waals surface area contributed by atoms with E-state index in [0.29, 0.717) is 16.8 Å². The van der Waals surface area contributed by atoms with E-state index in [1.807, 2.05) is 6.26 Å². The number of nitrogen functional groups attached to an aromatic ring is 1. The van der Waals surface area contributed by atoms with Crippen molar-refractivity contribution in [3.05, 3.63) is 48.9 Å². The molecule has 1 aliphatic rings. The van der Waals surface area contributed by atoms with Gasteiger partial charge in [0.1, 0.15) is 41.8 Å². The van der Waals surface area contributed by atoms with Crippen LogP contribution in [0, 0.1) is 12.3 Å². The number of hydrogen-bond donors (Lipinski definition) is 4. The Morgan fingerprint density at radius 1 is 1.33 bits per heavy atom. The first-order valence-electron chi connectivity index (χ1n) is 13.1. The van der Waals surface area contributed by atoms with Crippen molar-refractivity contribution >= 4 is 42.3 Å². The van der Waals surface area contributed by atoms with Crippen molar-refractivity contribution in [1.82, 2.24) is 19.6 Å². The molecule has 0 radical (unpaired) electrons. The fourth-order valence-corrected chi connectivity index (χ4v) is 6.39. The lowest BCUT2D eigenvalue weighted by atomic mass is 9.95. The van der Waals surface area contributed by atoms with E-state index in [2.05, 4.69) is 21.0 Å². The number of fused-ring (bicyclic) bond motifs is 1. The lowest BCUT2D eigenvalue weighted by molar-refractivity contribution is -0.149. The molecule has 0 bridgehead atoms. The number of para-hydroxylation sites is 1. The van der Waals surface area contributed by atoms with Crippen LogP contribution in [0.5, 0.6) is 5.75 Å². The molecule has 1 aliphatic heterocycles. The summed E-state index contributed by atoms with van der Waals surface area (Å²) in [5.74, 6) is 2.55. The van der Waals surface area contributed by atoms with E-state index in [1.54, 1.807) is 56.4 Å². The molecule has 1 saturated heterocycles. The molecular formula is C27H34N5O8PS. The van der Waals surface area contributed by atoms with E-state index in [9.17, 15) is 19.6 Å². The molecule has 1 fully saturated rings. The van der Waals surface area contributed by atoms with Gasteiger partial charge in [-0.15, -0.1) is 6.42 Å². The van der Waals surface area contributed by atoms with Gasteiger partial charge in [0.2, 0.25) is 0 Å². The van der Waals surface area contributed by atoms with Crippen LogP contribution < -0.4 is 15.3 Å². The summed E-state index contributed by atoms with van der Waals surface area (Å²) < 4.78 is 38.4. The molecular weight excluding hydrogens is 585 g/mol. The Kier molecular flexibility index (Phi) is 10.2. The van der Waals surface area contributed by atoms with Crippen LogP contribution in [0.1, 0.15) is 26.5 Å². The van der Waals surface area contributed by atoms with Gasteiger partial charge in [-0.05, 0) is 50.5 Å². The number of benzene rings is 1. The molecule has 0 aliphatic carbocycles. The largest absolute Gasteiger partial charge is 0.462 e. The number of nitrogens with one attached hydrogen (secondary N) is 1. The Morgan fingerprint density at radius 2 is 2.07 bits per heavy atom. The number of esters is 1. The Labute approximate surface area is 247 Å². The number of carbonyl (C=O) groups excluding carboxylic acids is 1. The van der Waals surface area contributed by atoms with Crippen LogP contribution in [0.2, 0.25) is 0 Å². The van der Waals surface area contributed by atoms with Crippen LogP contribution in [0.4, 0.5) is 5.82 Å². The molecule has 3 aromatic rings. The summed E-state index contributed by atoms with van der Waals surface area (Å²) in [6, 6.07) is 8.84. The van der Waals surface area contributed by atoms with Gasteiger partial charge in [0.15, 0.2) is 11.8 Å². The monoisotopic (exact) mass is 619 g/mol. The number of aliphatic hydroxyl groups is 2. The summed E-state index contributed by atoms with van der Waals surface area (Å²) >= 11 is 1.50. The molecule has 1 aromatic carbocycles. The number of nitrogens with zero attached hydrogens (tertiary/aromatic N) is 3. The van der Waals surface area contributed by atoms with E-state index in [1.165, 1.54) is 22.7 Å². The second kappa shape index (κ2) is 13.4. The summed E-state index contributed by atoms with van der Waals surface area (Å²) in [6.07, 6.45) is 5.94. The zero-order valence-electron chi connectivity index (χ0n) is 23.3. The Morgan fingerprint density at radius 3 is 2.74 bits per heavy atom. The Balaban J connectivity index is 1.60. The van der Waals surface area contributed by atoms with Gasteiger partial charge in [0, 0.05) is 6.20 Å². The number of carbonyl (C=O) groups is 1. The van der Waals surface area contributed by atoms with Crippen molar-refractivity contribution in [1.29, 1.82) is 0 Å². The smallest absolute Gasteiger partial charge is 0.459 e. The maximum absolute atomic E-state index is 14.1. The first-order chi connectivity index (χ1) is 20.0. The number of aromatic nitrogens is 3. The zero-order chi connectivity index (χ0) is 30.5. The van der Waals surface area contributed by atoms with E-state index in [-0.39, 0.29) is 18.0 Å². The number of nitrogens with two attached hydrogens (primary N) is 1. The van der Waals surface area contributed by atoms with Gasteiger partial charge in [-0.1, -0.05) is 24.1 Å². The fourth-order valence-electron chi connectivity index (χ4n) is 4.38. The number of thioether (sulfide) groups is 1. The van der Waals surface area contributed by atoms with Crippen molar-refractivity contribution in [2.75, 3.05) is 24.3 Å². The van der Waals surface area contributed by atoms with Crippen LogP contribution in [0.25, 0.3) is 11.0 Å². The van der Waals surface area contributed by atoms with Crippen molar-refractivity contribution in [2.24, 2.45) is 0 Å². The van der Waals surface area contributed by atoms with E-state index >= 15 is 0 Å². The van der Waals surface area contributed by atoms with Gasteiger partial charge in [0.25, 0.3) is 0 Å². The summed E-state index contributed by atoms with van der Waals surface area (Å²) in [6.45, 7) is 2.87. The Bertz CT molecular complexity index is 1470. The zero-order valence-corrected chi connectivity index (χ0v) is 25.0. The topological polar surface area (TPSA) is 180 Å². The standard InChI is InChI=1S/C27H34N5O8PS/c1-5-27(35)22(33)21(39-26(27)32-13-11-19-23(28)29-16-30-24(19)32)15-37-41(36,40-18-9-7-6-8-10-18)31-20(12-14-42-4)25(34)38-17(2)3/h1,6-11,13,16-17,20-22,26,33,35H,12,14-15H2,2-4H3,(H,31,36)(H2,28,29,30)/t20-,21+,22+,26+,27+,41?/m0/s1. The number of rotatable bonds is 13. The Hall–Kier alpha value is -3.15. The molecule has 3 heterocycles. The highest BCUT2D eigenvalue weighted by Crippen LogP contribution is 2.47. The molecule has 0 amide bonds. The van der Waals surface area contributed by atoms with Crippen LogP contribution in [-0.2, 0) is 23.4 Å². The van der Waals surface area contributed by atoms with Crippen molar-refractivity contribution in [2.45, 2.75) is 56.5 Å². The molecule has 0 saturated carbocycles. The number of aliphatic hydroxyl groups excluding tert-OH is 1. The first-order valence-corrected chi connectivity index (χ1v) is 16.0. The molecule has 0 spiro atoms. The molecule has 1 unspecified atom stereocenters. The molecule has 226 valence electrons. The van der Waals surface area contributed by atoms with Crippen LogP contribution in [0.3, 0.4) is 0 Å². The van der Waals surface area contributed by atoms with Crippen LogP contribution >= 0.6 is 19.5 Å². The second-order valence-electron chi connectivity index (χ2n) is 9.81. The predicted octanol–water partition coefficient (Wildman–Crippen LogP) is 2.50. The maximum atomic E-state index is 14.1. The number of hydrogen-bond acceptors (Lipinski definition) is 12. The lowest BCUT2D eigenvalue weighted by Gasteiger charge is -2.27. The normalized spacial score (nSPS) is 24.3. The molecule has 2 aromatic heterocycles. The first kappa shape index (κ1) is 31.8. The highest BCUT2D eigenvalue weighted by Gasteiger charge is 2.56. The van der Waals surface area contributed by atoms with Gasteiger partial charge in [-0.25, -0.2) is 14.5 Å². The average molecular weight is 620 g/mol. The summed E-state index contributed by atoms with van der Waals surface area (Å²) in [4.78, 5) is 21.0. The SMILES string of the molecule is C#C[C@@]1(O)[C@H](O)[C@@H](COP(=O)(N[C@@H](CCSC)C(=O)OC(C)C)Oc2ccccc2)O[C@H]1n1ccc2c(N)ncnc21. The lowest BCUT2D eigenvalue weighted by Crippen LogP contribution is -2.46. The molecule has 5 N–H and O–H groups in total. The summed E-state index contributed by atoms with van der Waals surface area (Å²) in [5.41, 5.74) is 4.03. The average Bonchev–Trinajstić information content (AvgIpc) is 3.49. The van der Waals surface area contributed by atoms with Crippen molar-refractivity contribution in [3.8, 4) is 18.1 Å². The minimum atomic E-state index is -4.32. The van der Waals surface area contributed by atoms with E-state index in [4.69, 9.17) is 30.7 Å². The molecule has 42 heavy (non-hydrogen) atoms. The summed E-state index contributed by atoms with van der Waals surface area (Å²) in [5, 5.41) is 25.6. The third-order valence-corrected chi connectivity index (χ3v) is 8.66. The number of ether oxygens (including phenoxy) is 2. The maximum Gasteiger partial charge on any atom is 0.459 e. The van der Waals surface area contributed by atoms with E-state index in [0.717, 1.165) is 0 Å². The third-order valence-electron chi connectivity index (χ3n) is 6.45. The molecule has 4 rings (SSSR count). The van der Waals surface area contributed by atoms with Crippen molar-refractivity contribution < 1.29 is 38.1 Å². The van der Waals surface area contributed by atoms with Gasteiger partial charge >= 0.3 is 13.7 Å². The number of terminal acetylenes is 1. The quantitative estimate of drug-likeness (QED) is 0.125. The van der Waals surface area contributed by atoms with Gasteiger partial charge in [-0.2, -0.15) is 16.8 Å². The predicted molar refractivity (Wildman–Crippen MR) is 157 cm³/mol. The minimum absolute atomic E-state index is 0.205.